The molecule has 2 N–H and O–H groups in total. The molecule has 1 aliphatic rings. The molecule has 16 heavy (non-hydrogen) atoms. The number of nitrogens with zero attached hydrogens (tertiary/aromatic N) is 2. The largest absolute Gasteiger partial charge is 0.393 e. The van der Waals surface area contributed by atoms with Crippen LogP contribution in [0.1, 0.15) is 31.4 Å². The van der Waals surface area contributed by atoms with Gasteiger partial charge in [0.05, 0.1) is 11.8 Å². The lowest BCUT2D eigenvalue weighted by Gasteiger charge is -2.25. The van der Waals surface area contributed by atoms with Crippen molar-refractivity contribution in [2.75, 3.05) is 6.54 Å². The van der Waals surface area contributed by atoms with Crippen LogP contribution in [0.3, 0.4) is 0 Å². The normalized spacial score (nSPS) is 25.9. The van der Waals surface area contributed by atoms with E-state index in [0.717, 1.165) is 44.7 Å². The number of aromatic nitrogens is 2. The Morgan fingerprint density at radius 2 is 2.19 bits per heavy atom. The van der Waals surface area contributed by atoms with E-state index >= 15 is 0 Å². The molecule has 0 amide bonds. The molecular formula is C12H21N3O. The number of hydrogen-bond acceptors (Lipinski definition) is 3. The van der Waals surface area contributed by atoms with Gasteiger partial charge in [0, 0.05) is 19.8 Å². The summed E-state index contributed by atoms with van der Waals surface area (Å²) < 4.78 is 1.90. The first-order valence-corrected chi connectivity index (χ1v) is 6.11. The van der Waals surface area contributed by atoms with E-state index in [4.69, 9.17) is 0 Å². The lowest BCUT2D eigenvalue weighted by atomic mass is 9.87. The molecule has 90 valence electrons. The zero-order valence-electron chi connectivity index (χ0n) is 9.89. The maximum Gasteiger partial charge on any atom is 0.0540 e. The third-order valence-electron chi connectivity index (χ3n) is 3.48. The number of aryl methyl sites for hydroxylation is 1. The highest BCUT2D eigenvalue weighted by Crippen LogP contribution is 2.23. The Hall–Kier alpha value is -0.870. The fraction of sp³-hybridized carbons (Fsp3) is 0.750. The van der Waals surface area contributed by atoms with E-state index < -0.39 is 0 Å². The second-order valence-corrected chi connectivity index (χ2v) is 4.75. The summed E-state index contributed by atoms with van der Waals surface area (Å²) in [6, 6.07) is 2.04. The Bertz CT molecular complexity index is 316. The minimum Gasteiger partial charge on any atom is -0.393 e. The van der Waals surface area contributed by atoms with Crippen LogP contribution in [0.15, 0.2) is 12.3 Å². The van der Waals surface area contributed by atoms with Crippen molar-refractivity contribution in [3.05, 3.63) is 18.0 Å². The first kappa shape index (κ1) is 11.6. The summed E-state index contributed by atoms with van der Waals surface area (Å²) in [7, 11) is 1.97. The van der Waals surface area contributed by atoms with Crippen molar-refractivity contribution in [3.63, 3.8) is 0 Å². The fourth-order valence-corrected chi connectivity index (χ4v) is 2.33. The minimum absolute atomic E-state index is 0.0478. The molecule has 0 unspecified atom stereocenters. The van der Waals surface area contributed by atoms with E-state index in [2.05, 4.69) is 10.4 Å². The van der Waals surface area contributed by atoms with Crippen LogP contribution in [0.4, 0.5) is 0 Å². The minimum atomic E-state index is -0.0478. The molecule has 0 saturated heterocycles. The van der Waals surface area contributed by atoms with Gasteiger partial charge in [0.1, 0.15) is 0 Å². The Labute approximate surface area is 96.7 Å². The SMILES string of the molecule is Cn1nccc1CNCC1CCC(O)CC1. The molecule has 4 nitrogen and oxygen atoms in total. The number of aliphatic hydroxyl groups is 1. The summed E-state index contributed by atoms with van der Waals surface area (Å²) in [5.74, 6) is 0.733. The quantitative estimate of drug-likeness (QED) is 0.802. The first-order chi connectivity index (χ1) is 7.75. The summed E-state index contributed by atoms with van der Waals surface area (Å²) in [6.45, 7) is 1.94. The molecule has 2 rings (SSSR count). The van der Waals surface area contributed by atoms with Gasteiger partial charge in [-0.05, 0) is 44.2 Å². The van der Waals surface area contributed by atoms with Crippen LogP contribution in [0, 0.1) is 5.92 Å². The third-order valence-corrected chi connectivity index (χ3v) is 3.48. The topological polar surface area (TPSA) is 50.1 Å². The molecule has 1 fully saturated rings. The van der Waals surface area contributed by atoms with Crippen molar-refractivity contribution in [2.45, 2.75) is 38.3 Å². The molecule has 0 spiro atoms. The van der Waals surface area contributed by atoms with Gasteiger partial charge in [-0.25, -0.2) is 0 Å². The van der Waals surface area contributed by atoms with E-state index in [0.29, 0.717) is 0 Å². The standard InChI is InChI=1S/C12H21N3O/c1-15-11(6-7-14-15)9-13-8-10-2-4-12(16)5-3-10/h6-7,10,12-13,16H,2-5,8-9H2,1H3. The molecule has 1 heterocycles. The van der Waals surface area contributed by atoms with Gasteiger partial charge in [-0.15, -0.1) is 0 Å². The lowest BCUT2D eigenvalue weighted by Crippen LogP contribution is -2.28. The van der Waals surface area contributed by atoms with Gasteiger partial charge < -0.3 is 10.4 Å². The number of hydrogen-bond donors (Lipinski definition) is 2. The highest BCUT2D eigenvalue weighted by atomic mass is 16.3. The lowest BCUT2D eigenvalue weighted by molar-refractivity contribution is 0.108. The van der Waals surface area contributed by atoms with Crippen molar-refractivity contribution in [2.24, 2.45) is 13.0 Å². The highest BCUT2D eigenvalue weighted by Gasteiger charge is 2.18. The highest BCUT2D eigenvalue weighted by molar-refractivity contribution is 4.99. The molecule has 4 heteroatoms. The van der Waals surface area contributed by atoms with Gasteiger partial charge >= 0.3 is 0 Å². The zero-order valence-corrected chi connectivity index (χ0v) is 9.89. The Morgan fingerprint density at radius 1 is 1.44 bits per heavy atom. The molecule has 0 bridgehead atoms. The van der Waals surface area contributed by atoms with Crippen LogP contribution < -0.4 is 5.32 Å². The predicted octanol–water partition coefficient (Wildman–Crippen LogP) is 1.06. The zero-order chi connectivity index (χ0) is 11.4. The van der Waals surface area contributed by atoms with Gasteiger partial charge in [0.15, 0.2) is 0 Å². The summed E-state index contributed by atoms with van der Waals surface area (Å²) >= 11 is 0. The first-order valence-electron chi connectivity index (χ1n) is 6.11. The van der Waals surface area contributed by atoms with Crippen LogP contribution >= 0.6 is 0 Å². The van der Waals surface area contributed by atoms with Gasteiger partial charge in [0.2, 0.25) is 0 Å². The number of nitrogens with one attached hydrogen (secondary N) is 1. The maximum atomic E-state index is 9.41. The number of aliphatic hydroxyl groups excluding tert-OH is 1. The smallest absolute Gasteiger partial charge is 0.0540 e. The number of rotatable bonds is 4. The fourth-order valence-electron chi connectivity index (χ4n) is 2.33. The van der Waals surface area contributed by atoms with Crippen molar-refractivity contribution < 1.29 is 5.11 Å². The van der Waals surface area contributed by atoms with E-state index in [1.807, 2.05) is 24.0 Å². The summed E-state index contributed by atoms with van der Waals surface area (Å²) in [5, 5.41) is 17.0. The third kappa shape index (κ3) is 3.06. The van der Waals surface area contributed by atoms with Crippen LogP contribution in [0.25, 0.3) is 0 Å². The Kier molecular flexibility index (Phi) is 3.96. The van der Waals surface area contributed by atoms with Crippen LogP contribution in [-0.2, 0) is 13.6 Å². The van der Waals surface area contributed by atoms with E-state index in [9.17, 15) is 5.11 Å². The maximum absolute atomic E-state index is 9.41. The molecule has 0 aliphatic heterocycles. The molecule has 1 aromatic heterocycles. The Balaban J connectivity index is 1.67. The summed E-state index contributed by atoms with van der Waals surface area (Å²) in [4.78, 5) is 0. The molecule has 0 aromatic carbocycles. The average molecular weight is 223 g/mol. The second-order valence-electron chi connectivity index (χ2n) is 4.75. The monoisotopic (exact) mass is 223 g/mol. The van der Waals surface area contributed by atoms with Gasteiger partial charge in [-0.1, -0.05) is 0 Å². The molecule has 0 atom stereocenters. The van der Waals surface area contributed by atoms with Gasteiger partial charge in [-0.3, -0.25) is 4.68 Å². The summed E-state index contributed by atoms with van der Waals surface area (Å²) in [6.07, 6.45) is 6.02. The van der Waals surface area contributed by atoms with Gasteiger partial charge in [-0.2, -0.15) is 5.10 Å². The molecule has 0 radical (unpaired) electrons. The van der Waals surface area contributed by atoms with Crippen molar-refractivity contribution in [3.8, 4) is 0 Å². The molecule has 1 aliphatic carbocycles. The average Bonchev–Trinajstić information content (AvgIpc) is 2.68. The summed E-state index contributed by atoms with van der Waals surface area (Å²) in [5.41, 5.74) is 1.22. The molecule has 1 aromatic rings. The van der Waals surface area contributed by atoms with E-state index in [1.54, 1.807) is 0 Å². The van der Waals surface area contributed by atoms with E-state index in [1.165, 1.54) is 5.69 Å². The van der Waals surface area contributed by atoms with Crippen molar-refractivity contribution in [1.29, 1.82) is 0 Å². The van der Waals surface area contributed by atoms with Crippen molar-refractivity contribution in [1.82, 2.24) is 15.1 Å². The van der Waals surface area contributed by atoms with Crippen LogP contribution in [-0.4, -0.2) is 27.5 Å². The van der Waals surface area contributed by atoms with Gasteiger partial charge in [0.25, 0.3) is 0 Å². The second kappa shape index (κ2) is 5.46. The predicted molar refractivity (Wildman–Crippen MR) is 62.9 cm³/mol. The van der Waals surface area contributed by atoms with Crippen LogP contribution in [0.2, 0.25) is 0 Å². The Morgan fingerprint density at radius 3 is 2.81 bits per heavy atom. The molecule has 1 saturated carbocycles. The molecular weight excluding hydrogens is 202 g/mol. The van der Waals surface area contributed by atoms with Crippen LogP contribution in [0.5, 0.6) is 0 Å². The van der Waals surface area contributed by atoms with Crippen molar-refractivity contribution >= 4 is 0 Å². The van der Waals surface area contributed by atoms with E-state index in [-0.39, 0.29) is 6.10 Å².